The van der Waals surface area contributed by atoms with Gasteiger partial charge >= 0.3 is 0 Å². The summed E-state index contributed by atoms with van der Waals surface area (Å²) in [4.78, 5) is 29.1. The number of halogens is 1. The first-order valence-corrected chi connectivity index (χ1v) is 9.02. The maximum absolute atomic E-state index is 14.4. The topological polar surface area (TPSA) is 149 Å². The zero-order valence-electron chi connectivity index (χ0n) is 15.9. The highest BCUT2D eigenvalue weighted by molar-refractivity contribution is 5.96. The molecule has 5 N–H and O–H groups in total. The van der Waals surface area contributed by atoms with Crippen LogP contribution in [0.15, 0.2) is 40.9 Å². The van der Waals surface area contributed by atoms with Gasteiger partial charge in [0.15, 0.2) is 17.3 Å². The summed E-state index contributed by atoms with van der Waals surface area (Å²) in [5.41, 5.74) is 9.83. The number of amides is 2. The molecule has 1 aromatic carbocycles. The minimum Gasteiger partial charge on any atom is -0.397 e. The molecule has 0 aliphatic carbocycles. The molecule has 1 saturated heterocycles. The van der Waals surface area contributed by atoms with Crippen molar-refractivity contribution < 1.29 is 23.6 Å². The van der Waals surface area contributed by atoms with E-state index < -0.39 is 23.2 Å². The molecule has 30 heavy (non-hydrogen) atoms. The maximum Gasteiger partial charge on any atom is 0.269 e. The summed E-state index contributed by atoms with van der Waals surface area (Å²) in [7, 11) is 1.59. The van der Waals surface area contributed by atoms with Crippen molar-refractivity contribution in [3.05, 3.63) is 53.7 Å². The van der Waals surface area contributed by atoms with E-state index in [1.807, 2.05) is 0 Å². The molecule has 0 bridgehead atoms. The number of aliphatic hydroxyl groups is 1. The highest BCUT2D eigenvalue weighted by Crippen LogP contribution is 2.35. The standard InChI is InChI=1S/C20H18FN5O4/c1-26-6-5-20(29,19(26)28)15-9-14(25-30-15)10-3-2-4-11(7-10)16-12(21)8-13(22)17(24-16)18(23)27/h2-4,7-9,29H,5-6,22H2,1H3,(H2,23,27). The van der Waals surface area contributed by atoms with Crippen LogP contribution in [-0.2, 0) is 10.4 Å². The summed E-state index contributed by atoms with van der Waals surface area (Å²) in [6, 6.07) is 8.98. The summed E-state index contributed by atoms with van der Waals surface area (Å²) in [5, 5.41) is 14.6. The van der Waals surface area contributed by atoms with Crippen molar-refractivity contribution in [2.75, 3.05) is 19.3 Å². The van der Waals surface area contributed by atoms with Gasteiger partial charge in [-0.05, 0) is 6.07 Å². The summed E-state index contributed by atoms with van der Waals surface area (Å²) >= 11 is 0. The number of benzene rings is 1. The van der Waals surface area contributed by atoms with Crippen LogP contribution in [0.2, 0.25) is 0 Å². The number of nitrogens with zero attached hydrogens (tertiary/aromatic N) is 3. The second-order valence-electron chi connectivity index (χ2n) is 7.12. The van der Waals surface area contributed by atoms with Gasteiger partial charge in [0.2, 0.25) is 5.60 Å². The predicted octanol–water partition coefficient (Wildman–Crippen LogP) is 1.27. The Morgan fingerprint density at radius 2 is 2.03 bits per heavy atom. The lowest BCUT2D eigenvalue weighted by Gasteiger charge is -2.16. The van der Waals surface area contributed by atoms with E-state index in [4.69, 9.17) is 16.0 Å². The zero-order valence-corrected chi connectivity index (χ0v) is 15.9. The summed E-state index contributed by atoms with van der Waals surface area (Å²) in [5.74, 6) is -2.02. The average Bonchev–Trinajstić information content (AvgIpc) is 3.30. The fraction of sp³-hybridized carbons (Fsp3) is 0.200. The lowest BCUT2D eigenvalue weighted by Crippen LogP contribution is -2.35. The highest BCUT2D eigenvalue weighted by atomic mass is 19.1. The summed E-state index contributed by atoms with van der Waals surface area (Å²) in [6.07, 6.45) is 0.188. The minimum atomic E-state index is -1.77. The molecule has 1 atom stereocenters. The van der Waals surface area contributed by atoms with Gasteiger partial charge in [-0.25, -0.2) is 9.37 Å². The van der Waals surface area contributed by atoms with Crippen molar-refractivity contribution in [3.63, 3.8) is 0 Å². The Balaban J connectivity index is 1.73. The minimum absolute atomic E-state index is 0.0325. The Kier molecular flexibility index (Phi) is 4.50. The molecule has 3 heterocycles. The van der Waals surface area contributed by atoms with E-state index in [-0.39, 0.29) is 29.3 Å². The number of pyridine rings is 1. The monoisotopic (exact) mass is 411 g/mol. The van der Waals surface area contributed by atoms with Crippen LogP contribution in [0.1, 0.15) is 22.7 Å². The molecule has 4 rings (SSSR count). The molecule has 1 fully saturated rings. The Morgan fingerprint density at radius 3 is 2.70 bits per heavy atom. The third kappa shape index (κ3) is 3.07. The molecule has 1 aliphatic heterocycles. The first kappa shape index (κ1) is 19.5. The van der Waals surface area contributed by atoms with E-state index in [0.717, 1.165) is 6.07 Å². The molecule has 0 saturated carbocycles. The number of rotatable bonds is 4. The van der Waals surface area contributed by atoms with Gasteiger partial charge in [-0.1, -0.05) is 23.4 Å². The number of primary amides is 1. The summed E-state index contributed by atoms with van der Waals surface area (Å²) in [6.45, 7) is 0.394. The second-order valence-corrected chi connectivity index (χ2v) is 7.12. The molecule has 1 aliphatic rings. The molecule has 1 unspecified atom stereocenters. The number of likely N-dealkylation sites (tertiary alicyclic amines) is 1. The number of nitrogen functional groups attached to an aromatic ring is 1. The van der Waals surface area contributed by atoms with Gasteiger partial charge in [-0.15, -0.1) is 0 Å². The van der Waals surface area contributed by atoms with Crippen LogP contribution in [0.3, 0.4) is 0 Å². The van der Waals surface area contributed by atoms with E-state index in [1.165, 1.54) is 11.0 Å². The number of aromatic nitrogens is 2. The van der Waals surface area contributed by atoms with Crippen molar-refractivity contribution in [1.82, 2.24) is 15.0 Å². The Bertz CT molecular complexity index is 1180. The predicted molar refractivity (Wildman–Crippen MR) is 104 cm³/mol. The normalized spacial score (nSPS) is 18.8. The third-order valence-corrected chi connectivity index (χ3v) is 5.10. The second kappa shape index (κ2) is 6.92. The van der Waals surface area contributed by atoms with Gasteiger partial charge < -0.3 is 26.0 Å². The van der Waals surface area contributed by atoms with Gasteiger partial charge in [0, 0.05) is 43.3 Å². The average molecular weight is 411 g/mol. The number of hydrogen-bond acceptors (Lipinski definition) is 7. The van der Waals surface area contributed by atoms with Gasteiger partial charge in [0.05, 0.1) is 5.69 Å². The number of nitrogens with two attached hydrogens (primary N) is 2. The fourth-order valence-electron chi connectivity index (χ4n) is 3.42. The summed E-state index contributed by atoms with van der Waals surface area (Å²) < 4.78 is 19.7. The van der Waals surface area contributed by atoms with Gasteiger partial charge in [0.25, 0.3) is 11.8 Å². The number of hydrogen-bond donors (Lipinski definition) is 3. The Morgan fingerprint density at radius 1 is 1.30 bits per heavy atom. The first-order valence-electron chi connectivity index (χ1n) is 9.02. The lowest BCUT2D eigenvalue weighted by molar-refractivity contribution is -0.144. The number of carbonyl (C=O) groups is 2. The van der Waals surface area contributed by atoms with Crippen LogP contribution >= 0.6 is 0 Å². The molecule has 3 aromatic rings. The van der Waals surface area contributed by atoms with Crippen LogP contribution in [-0.4, -0.2) is 45.6 Å². The van der Waals surface area contributed by atoms with E-state index in [0.29, 0.717) is 23.4 Å². The lowest BCUT2D eigenvalue weighted by atomic mass is 9.97. The fourth-order valence-corrected chi connectivity index (χ4v) is 3.42. The quantitative estimate of drug-likeness (QED) is 0.585. The van der Waals surface area contributed by atoms with Gasteiger partial charge in [-0.3, -0.25) is 9.59 Å². The Labute approximate surface area is 170 Å². The largest absolute Gasteiger partial charge is 0.397 e. The number of likely N-dealkylation sites (N-methyl/N-ethyl adjacent to an activating group) is 1. The number of carbonyl (C=O) groups excluding carboxylic acids is 2. The molecule has 9 nitrogen and oxygen atoms in total. The van der Waals surface area contributed by atoms with Crippen molar-refractivity contribution in [2.24, 2.45) is 5.73 Å². The van der Waals surface area contributed by atoms with E-state index in [1.54, 1.807) is 31.3 Å². The molecule has 2 aromatic heterocycles. The van der Waals surface area contributed by atoms with Crippen molar-refractivity contribution in [1.29, 1.82) is 0 Å². The third-order valence-electron chi connectivity index (χ3n) is 5.10. The maximum atomic E-state index is 14.4. The van der Waals surface area contributed by atoms with Crippen LogP contribution in [0.5, 0.6) is 0 Å². The van der Waals surface area contributed by atoms with Crippen molar-refractivity contribution in [3.8, 4) is 22.5 Å². The molecule has 0 radical (unpaired) electrons. The van der Waals surface area contributed by atoms with Crippen LogP contribution < -0.4 is 11.5 Å². The molecule has 2 amide bonds. The van der Waals surface area contributed by atoms with Crippen molar-refractivity contribution >= 4 is 17.5 Å². The van der Waals surface area contributed by atoms with Crippen molar-refractivity contribution in [2.45, 2.75) is 12.0 Å². The van der Waals surface area contributed by atoms with Gasteiger partial charge in [-0.2, -0.15) is 0 Å². The smallest absolute Gasteiger partial charge is 0.269 e. The van der Waals surface area contributed by atoms with E-state index in [9.17, 15) is 19.1 Å². The molecule has 154 valence electrons. The molecule has 0 spiro atoms. The number of anilines is 1. The molecular weight excluding hydrogens is 393 g/mol. The van der Waals surface area contributed by atoms with E-state index >= 15 is 0 Å². The van der Waals surface area contributed by atoms with Crippen LogP contribution in [0, 0.1) is 5.82 Å². The van der Waals surface area contributed by atoms with Crippen LogP contribution in [0.25, 0.3) is 22.5 Å². The first-order chi connectivity index (χ1) is 14.2. The van der Waals surface area contributed by atoms with Gasteiger partial charge in [0.1, 0.15) is 11.4 Å². The molecule has 10 heteroatoms. The zero-order chi connectivity index (χ0) is 21.6. The Hall–Kier alpha value is -3.79. The molecular formula is C20H18FN5O4. The SMILES string of the molecule is CN1CCC(O)(c2cc(-c3cccc(-c4nc(C(N)=O)c(N)cc4F)c3)no2)C1=O. The van der Waals surface area contributed by atoms with Crippen LogP contribution in [0.4, 0.5) is 10.1 Å². The highest BCUT2D eigenvalue weighted by Gasteiger charge is 2.48. The van der Waals surface area contributed by atoms with E-state index in [2.05, 4.69) is 10.1 Å².